The van der Waals surface area contributed by atoms with Gasteiger partial charge in [0, 0.05) is 41.8 Å². The summed E-state index contributed by atoms with van der Waals surface area (Å²) in [6, 6.07) is 3.59. The lowest BCUT2D eigenvalue weighted by atomic mass is 10.3. The number of nitrogen functional groups attached to an aromatic ring is 1. The molecular formula is C11H18N4O2S2. The molecular weight excluding hydrogens is 284 g/mol. The van der Waals surface area contributed by atoms with E-state index in [1.54, 1.807) is 30.9 Å². The Morgan fingerprint density at radius 1 is 1.63 bits per heavy atom. The van der Waals surface area contributed by atoms with Gasteiger partial charge in [-0.25, -0.2) is 19.2 Å². The SMILES string of the molecule is CCS(=O)(=O)C1CSCCN1c1ccnc(NN)c1. The molecule has 1 aliphatic heterocycles. The first kappa shape index (κ1) is 14.4. The Kier molecular flexibility index (Phi) is 4.54. The Labute approximate surface area is 117 Å². The number of pyridine rings is 1. The summed E-state index contributed by atoms with van der Waals surface area (Å²) < 4.78 is 24.4. The Balaban J connectivity index is 2.34. The van der Waals surface area contributed by atoms with Gasteiger partial charge in [0.25, 0.3) is 0 Å². The minimum atomic E-state index is -3.11. The number of sulfone groups is 1. The van der Waals surface area contributed by atoms with Gasteiger partial charge in [-0.3, -0.25) is 0 Å². The van der Waals surface area contributed by atoms with Gasteiger partial charge in [-0.1, -0.05) is 6.92 Å². The highest BCUT2D eigenvalue weighted by Gasteiger charge is 2.33. The minimum Gasteiger partial charge on any atom is -0.353 e. The number of nitrogens with zero attached hydrogens (tertiary/aromatic N) is 2. The van der Waals surface area contributed by atoms with E-state index in [1.807, 2.05) is 11.0 Å². The van der Waals surface area contributed by atoms with Gasteiger partial charge in [0.2, 0.25) is 0 Å². The quantitative estimate of drug-likeness (QED) is 0.624. The van der Waals surface area contributed by atoms with Crippen molar-refractivity contribution >= 4 is 33.1 Å². The van der Waals surface area contributed by atoms with Crippen LogP contribution in [0.25, 0.3) is 0 Å². The molecule has 0 spiro atoms. The number of nitrogens with one attached hydrogen (secondary N) is 1. The molecule has 1 unspecified atom stereocenters. The summed E-state index contributed by atoms with van der Waals surface area (Å²) in [5, 5.41) is -0.468. The first-order valence-electron chi connectivity index (χ1n) is 6.07. The van der Waals surface area contributed by atoms with E-state index < -0.39 is 15.2 Å². The third-order valence-electron chi connectivity index (χ3n) is 3.12. The molecule has 1 atom stereocenters. The average Bonchev–Trinajstić information content (AvgIpc) is 2.47. The Hall–Kier alpha value is -0.990. The van der Waals surface area contributed by atoms with Crippen LogP contribution in [0.2, 0.25) is 0 Å². The van der Waals surface area contributed by atoms with Crippen LogP contribution in [0, 0.1) is 0 Å². The third-order valence-corrected chi connectivity index (χ3v) is 6.41. The van der Waals surface area contributed by atoms with Crippen molar-refractivity contribution in [2.24, 2.45) is 5.84 Å². The van der Waals surface area contributed by atoms with Crippen LogP contribution in [0.15, 0.2) is 18.3 Å². The molecule has 3 N–H and O–H groups in total. The maximum Gasteiger partial charge on any atom is 0.171 e. The summed E-state index contributed by atoms with van der Waals surface area (Å²) in [5.74, 6) is 7.55. The average molecular weight is 302 g/mol. The lowest BCUT2D eigenvalue weighted by molar-refractivity contribution is 0.579. The Morgan fingerprint density at radius 2 is 2.42 bits per heavy atom. The van der Waals surface area contributed by atoms with Crippen molar-refractivity contribution in [1.29, 1.82) is 0 Å². The second-order valence-corrected chi connectivity index (χ2v) is 7.82. The van der Waals surface area contributed by atoms with Crippen molar-refractivity contribution in [3.05, 3.63) is 18.3 Å². The highest BCUT2D eigenvalue weighted by atomic mass is 32.2. The number of aromatic nitrogens is 1. The smallest absolute Gasteiger partial charge is 0.171 e. The molecule has 8 heteroatoms. The second kappa shape index (κ2) is 5.98. The van der Waals surface area contributed by atoms with E-state index in [4.69, 9.17) is 5.84 Å². The van der Waals surface area contributed by atoms with E-state index in [1.165, 1.54) is 0 Å². The number of nitrogens with two attached hydrogens (primary N) is 1. The molecule has 0 saturated carbocycles. The van der Waals surface area contributed by atoms with E-state index >= 15 is 0 Å². The molecule has 0 bridgehead atoms. The molecule has 1 aliphatic rings. The van der Waals surface area contributed by atoms with Crippen molar-refractivity contribution < 1.29 is 8.42 Å². The van der Waals surface area contributed by atoms with Gasteiger partial charge in [0.05, 0.1) is 0 Å². The van der Waals surface area contributed by atoms with E-state index in [-0.39, 0.29) is 5.75 Å². The zero-order valence-corrected chi connectivity index (χ0v) is 12.4. The molecule has 19 heavy (non-hydrogen) atoms. The summed E-state index contributed by atoms with van der Waals surface area (Å²) in [6.45, 7) is 2.40. The van der Waals surface area contributed by atoms with E-state index in [9.17, 15) is 8.42 Å². The number of anilines is 2. The first-order chi connectivity index (χ1) is 9.08. The van der Waals surface area contributed by atoms with Crippen LogP contribution >= 0.6 is 11.8 Å². The molecule has 2 heterocycles. The van der Waals surface area contributed by atoms with E-state index in [2.05, 4.69) is 10.4 Å². The first-order valence-corrected chi connectivity index (χ1v) is 8.94. The van der Waals surface area contributed by atoms with Crippen LogP contribution in [-0.2, 0) is 9.84 Å². The number of hydrazine groups is 1. The van der Waals surface area contributed by atoms with Crippen LogP contribution in [-0.4, -0.2) is 42.6 Å². The number of hydrogen-bond donors (Lipinski definition) is 2. The van der Waals surface area contributed by atoms with Crippen LogP contribution < -0.4 is 16.2 Å². The number of hydrogen-bond acceptors (Lipinski definition) is 7. The van der Waals surface area contributed by atoms with Crippen molar-refractivity contribution in [3.63, 3.8) is 0 Å². The van der Waals surface area contributed by atoms with Gasteiger partial charge < -0.3 is 10.3 Å². The van der Waals surface area contributed by atoms with Gasteiger partial charge in [-0.2, -0.15) is 11.8 Å². The fourth-order valence-corrected chi connectivity index (χ4v) is 5.03. The predicted octanol–water partition coefficient (Wildman–Crippen LogP) is 0.681. The number of rotatable bonds is 4. The summed E-state index contributed by atoms with van der Waals surface area (Å²) in [7, 11) is -3.11. The highest BCUT2D eigenvalue weighted by Crippen LogP contribution is 2.28. The minimum absolute atomic E-state index is 0.155. The predicted molar refractivity (Wildman–Crippen MR) is 80.0 cm³/mol. The molecule has 1 fully saturated rings. The fraction of sp³-hybridized carbons (Fsp3) is 0.545. The monoisotopic (exact) mass is 302 g/mol. The molecule has 0 aliphatic carbocycles. The summed E-state index contributed by atoms with van der Waals surface area (Å²) in [4.78, 5) is 5.97. The van der Waals surface area contributed by atoms with Crippen molar-refractivity contribution in [1.82, 2.24) is 4.98 Å². The van der Waals surface area contributed by atoms with Crippen molar-refractivity contribution in [2.45, 2.75) is 12.3 Å². The van der Waals surface area contributed by atoms with Crippen molar-refractivity contribution in [3.8, 4) is 0 Å². The Morgan fingerprint density at radius 3 is 3.11 bits per heavy atom. The summed E-state index contributed by atoms with van der Waals surface area (Å²) in [6.07, 6.45) is 1.63. The van der Waals surface area contributed by atoms with Crippen LogP contribution in [0.1, 0.15) is 6.92 Å². The summed E-state index contributed by atoms with van der Waals surface area (Å²) in [5.41, 5.74) is 3.32. The zero-order chi connectivity index (χ0) is 13.9. The van der Waals surface area contributed by atoms with Crippen molar-refractivity contribution in [2.75, 3.05) is 34.1 Å². The van der Waals surface area contributed by atoms with Gasteiger partial charge in [-0.15, -0.1) is 0 Å². The van der Waals surface area contributed by atoms with Crippen LogP contribution in [0.4, 0.5) is 11.5 Å². The molecule has 106 valence electrons. The molecule has 1 aromatic heterocycles. The lowest BCUT2D eigenvalue weighted by Gasteiger charge is -2.36. The van der Waals surface area contributed by atoms with E-state index in [0.29, 0.717) is 18.1 Å². The second-order valence-electron chi connectivity index (χ2n) is 4.22. The van der Waals surface area contributed by atoms with Gasteiger partial charge in [0.1, 0.15) is 11.2 Å². The molecule has 6 nitrogen and oxygen atoms in total. The number of thioether (sulfide) groups is 1. The highest BCUT2D eigenvalue weighted by molar-refractivity contribution is 8.01. The maximum atomic E-state index is 12.2. The fourth-order valence-electron chi connectivity index (χ4n) is 2.04. The molecule has 1 aromatic rings. The molecule has 1 saturated heterocycles. The van der Waals surface area contributed by atoms with Gasteiger partial charge >= 0.3 is 0 Å². The third kappa shape index (κ3) is 3.13. The lowest BCUT2D eigenvalue weighted by Crippen LogP contribution is -2.48. The summed E-state index contributed by atoms with van der Waals surface area (Å²) >= 11 is 1.68. The van der Waals surface area contributed by atoms with E-state index in [0.717, 1.165) is 11.4 Å². The maximum absolute atomic E-state index is 12.2. The largest absolute Gasteiger partial charge is 0.353 e. The molecule has 2 rings (SSSR count). The normalized spacial score (nSPS) is 20.3. The molecule has 0 amide bonds. The molecule has 0 aromatic carbocycles. The van der Waals surface area contributed by atoms with Gasteiger partial charge in [-0.05, 0) is 6.07 Å². The van der Waals surface area contributed by atoms with Crippen LogP contribution in [0.3, 0.4) is 0 Å². The molecule has 0 radical (unpaired) electrons. The van der Waals surface area contributed by atoms with Gasteiger partial charge in [0.15, 0.2) is 9.84 Å². The zero-order valence-electron chi connectivity index (χ0n) is 10.7. The topological polar surface area (TPSA) is 88.3 Å². The standard InChI is InChI=1S/C11H18N4O2S2/c1-2-19(16,17)11-8-18-6-5-15(11)9-3-4-13-10(7-9)14-12/h3-4,7,11H,2,5-6,8,12H2,1H3,(H,13,14). The Bertz CT molecular complexity index is 535. The van der Waals surface area contributed by atoms with Crippen LogP contribution in [0.5, 0.6) is 0 Å².